The van der Waals surface area contributed by atoms with Crippen molar-refractivity contribution in [1.29, 1.82) is 0 Å². The Labute approximate surface area is 100 Å². The van der Waals surface area contributed by atoms with E-state index < -0.39 is 9.84 Å². The standard InChI is InChI=1S/C11H16O3S2/c1-3-4-7-16(13,14)8-10(12)11-6-5-9(2)15-11/h5-6H,3-4,7-8H2,1-2H3. The topological polar surface area (TPSA) is 51.2 Å². The lowest BCUT2D eigenvalue weighted by Crippen LogP contribution is -2.18. The Hall–Kier alpha value is -0.680. The molecule has 3 nitrogen and oxygen atoms in total. The molecule has 1 rings (SSSR count). The maximum atomic E-state index is 11.7. The average molecular weight is 260 g/mol. The third-order valence-corrected chi connectivity index (χ3v) is 4.83. The summed E-state index contributed by atoms with van der Waals surface area (Å²) in [7, 11) is -3.22. The van der Waals surface area contributed by atoms with Crippen LogP contribution in [0.1, 0.15) is 34.3 Å². The van der Waals surface area contributed by atoms with Gasteiger partial charge in [-0.05, 0) is 25.5 Å². The van der Waals surface area contributed by atoms with E-state index in [1.54, 1.807) is 6.07 Å². The van der Waals surface area contributed by atoms with Gasteiger partial charge in [-0.2, -0.15) is 0 Å². The molecule has 0 aliphatic heterocycles. The first-order valence-electron chi connectivity index (χ1n) is 5.24. The zero-order chi connectivity index (χ0) is 12.2. The van der Waals surface area contributed by atoms with E-state index >= 15 is 0 Å². The van der Waals surface area contributed by atoms with Gasteiger partial charge < -0.3 is 0 Å². The molecule has 0 bridgehead atoms. The molecular formula is C11H16O3S2. The summed E-state index contributed by atoms with van der Waals surface area (Å²) in [4.78, 5) is 13.2. The fraction of sp³-hybridized carbons (Fsp3) is 0.545. The van der Waals surface area contributed by atoms with Crippen LogP contribution in [-0.2, 0) is 9.84 Å². The van der Waals surface area contributed by atoms with Crippen molar-refractivity contribution < 1.29 is 13.2 Å². The molecule has 1 heterocycles. The summed E-state index contributed by atoms with van der Waals surface area (Å²) in [6, 6.07) is 3.52. The molecule has 5 heteroatoms. The van der Waals surface area contributed by atoms with Crippen LogP contribution in [0.5, 0.6) is 0 Å². The van der Waals surface area contributed by atoms with Crippen LogP contribution in [0.3, 0.4) is 0 Å². The quantitative estimate of drug-likeness (QED) is 0.738. The van der Waals surface area contributed by atoms with E-state index in [1.807, 2.05) is 19.9 Å². The SMILES string of the molecule is CCCCS(=O)(=O)CC(=O)c1ccc(C)s1. The Bertz CT molecular complexity index is 457. The van der Waals surface area contributed by atoms with E-state index in [9.17, 15) is 13.2 Å². The third kappa shape index (κ3) is 4.06. The second-order valence-electron chi connectivity index (χ2n) is 3.78. The summed E-state index contributed by atoms with van der Waals surface area (Å²) in [5.74, 6) is -0.527. The number of ketones is 1. The van der Waals surface area contributed by atoms with Crippen LogP contribution in [0, 0.1) is 6.92 Å². The zero-order valence-electron chi connectivity index (χ0n) is 9.52. The van der Waals surface area contributed by atoms with Gasteiger partial charge in [-0.25, -0.2) is 8.42 Å². The van der Waals surface area contributed by atoms with Crippen LogP contribution in [0.2, 0.25) is 0 Å². The number of hydrogen-bond donors (Lipinski definition) is 0. The van der Waals surface area contributed by atoms with E-state index in [0.717, 1.165) is 11.3 Å². The molecule has 0 atom stereocenters. The fourth-order valence-electron chi connectivity index (χ4n) is 1.29. The smallest absolute Gasteiger partial charge is 0.187 e. The lowest BCUT2D eigenvalue weighted by atomic mass is 10.3. The van der Waals surface area contributed by atoms with Gasteiger partial charge in [-0.15, -0.1) is 11.3 Å². The molecule has 0 radical (unpaired) electrons. The first-order valence-corrected chi connectivity index (χ1v) is 7.88. The number of unbranched alkanes of at least 4 members (excludes halogenated alkanes) is 1. The second kappa shape index (κ2) is 5.59. The molecule has 0 spiro atoms. The minimum Gasteiger partial charge on any atom is -0.292 e. The van der Waals surface area contributed by atoms with Crippen molar-refractivity contribution in [3.05, 3.63) is 21.9 Å². The second-order valence-corrected chi connectivity index (χ2v) is 7.25. The number of carbonyl (C=O) groups excluding carboxylic acids is 1. The Balaban J connectivity index is 2.64. The maximum absolute atomic E-state index is 11.7. The van der Waals surface area contributed by atoms with E-state index in [4.69, 9.17) is 0 Å². The van der Waals surface area contributed by atoms with E-state index in [1.165, 1.54) is 11.3 Å². The van der Waals surface area contributed by atoms with Crippen LogP contribution < -0.4 is 0 Å². The Morgan fingerprint density at radius 2 is 2.06 bits per heavy atom. The highest BCUT2D eigenvalue weighted by Gasteiger charge is 2.18. The molecule has 90 valence electrons. The van der Waals surface area contributed by atoms with Crippen molar-refractivity contribution in [1.82, 2.24) is 0 Å². The summed E-state index contributed by atoms with van der Waals surface area (Å²) in [5, 5.41) is 0. The fourth-order valence-corrected chi connectivity index (χ4v) is 3.62. The molecule has 0 N–H and O–H groups in total. The van der Waals surface area contributed by atoms with Gasteiger partial charge in [0.2, 0.25) is 0 Å². The summed E-state index contributed by atoms with van der Waals surface area (Å²) in [6.45, 7) is 3.83. The van der Waals surface area contributed by atoms with Crippen molar-refractivity contribution in [3.63, 3.8) is 0 Å². The van der Waals surface area contributed by atoms with Crippen LogP contribution in [-0.4, -0.2) is 25.7 Å². The van der Waals surface area contributed by atoms with Gasteiger partial charge in [0.05, 0.1) is 10.6 Å². The number of carbonyl (C=O) groups is 1. The number of aryl methyl sites for hydroxylation is 1. The molecule has 1 aromatic rings. The lowest BCUT2D eigenvalue weighted by molar-refractivity contribution is 0.102. The van der Waals surface area contributed by atoms with Gasteiger partial charge in [0, 0.05) is 4.88 Å². The molecule has 0 aliphatic carbocycles. The summed E-state index contributed by atoms with van der Waals surface area (Å²) in [6.07, 6.45) is 1.45. The minimum atomic E-state index is -3.22. The molecule has 0 unspecified atom stereocenters. The molecule has 0 aliphatic rings. The highest BCUT2D eigenvalue weighted by molar-refractivity contribution is 7.92. The first-order chi connectivity index (χ1) is 7.44. The zero-order valence-corrected chi connectivity index (χ0v) is 11.2. The van der Waals surface area contributed by atoms with Crippen molar-refractivity contribution in [2.45, 2.75) is 26.7 Å². The highest BCUT2D eigenvalue weighted by Crippen LogP contribution is 2.16. The number of sulfone groups is 1. The first kappa shape index (κ1) is 13.4. The van der Waals surface area contributed by atoms with Crippen molar-refractivity contribution in [2.24, 2.45) is 0 Å². The maximum Gasteiger partial charge on any atom is 0.187 e. The predicted molar refractivity (Wildman–Crippen MR) is 66.9 cm³/mol. The summed E-state index contributed by atoms with van der Waals surface area (Å²) >= 11 is 1.35. The van der Waals surface area contributed by atoms with Gasteiger partial charge in [-0.1, -0.05) is 13.3 Å². The molecule has 0 saturated carbocycles. The number of rotatable bonds is 6. The van der Waals surface area contributed by atoms with Crippen LogP contribution in [0.25, 0.3) is 0 Å². The van der Waals surface area contributed by atoms with Crippen LogP contribution in [0.15, 0.2) is 12.1 Å². The number of thiophene rings is 1. The molecule has 0 aromatic carbocycles. The van der Waals surface area contributed by atoms with Gasteiger partial charge in [0.1, 0.15) is 5.75 Å². The molecular weight excluding hydrogens is 244 g/mol. The number of hydrogen-bond acceptors (Lipinski definition) is 4. The highest BCUT2D eigenvalue weighted by atomic mass is 32.2. The van der Waals surface area contributed by atoms with Crippen molar-refractivity contribution in [3.8, 4) is 0 Å². The van der Waals surface area contributed by atoms with E-state index in [2.05, 4.69) is 0 Å². The molecule has 16 heavy (non-hydrogen) atoms. The molecule has 1 aromatic heterocycles. The lowest BCUT2D eigenvalue weighted by Gasteiger charge is -2.01. The minimum absolute atomic E-state index is 0.111. The monoisotopic (exact) mass is 260 g/mol. The van der Waals surface area contributed by atoms with Gasteiger partial charge in [0.25, 0.3) is 0 Å². The average Bonchev–Trinajstić information content (AvgIpc) is 2.61. The van der Waals surface area contributed by atoms with E-state index in [-0.39, 0.29) is 17.3 Å². The Morgan fingerprint density at radius 1 is 1.38 bits per heavy atom. The third-order valence-electron chi connectivity index (χ3n) is 2.18. The predicted octanol–water partition coefficient (Wildman–Crippen LogP) is 2.45. The van der Waals surface area contributed by atoms with Crippen LogP contribution in [0.4, 0.5) is 0 Å². The van der Waals surface area contributed by atoms with Gasteiger partial charge in [-0.3, -0.25) is 4.79 Å². The summed E-state index contributed by atoms with van der Waals surface area (Å²) in [5.41, 5.74) is 0. The molecule has 0 amide bonds. The summed E-state index contributed by atoms with van der Waals surface area (Å²) < 4.78 is 23.1. The normalized spacial score (nSPS) is 11.6. The van der Waals surface area contributed by atoms with Gasteiger partial charge in [0.15, 0.2) is 15.6 Å². The number of Topliss-reactive ketones (excluding diaryl/α,β-unsaturated/α-hetero) is 1. The molecule has 0 saturated heterocycles. The van der Waals surface area contributed by atoms with Crippen molar-refractivity contribution >= 4 is 27.0 Å². The molecule has 0 fully saturated rings. The van der Waals surface area contributed by atoms with E-state index in [0.29, 0.717) is 11.3 Å². The van der Waals surface area contributed by atoms with Gasteiger partial charge >= 0.3 is 0 Å². The largest absolute Gasteiger partial charge is 0.292 e. The Kier molecular flexibility index (Phi) is 4.68. The Morgan fingerprint density at radius 3 is 2.56 bits per heavy atom. The van der Waals surface area contributed by atoms with Crippen LogP contribution >= 0.6 is 11.3 Å². The van der Waals surface area contributed by atoms with Crippen molar-refractivity contribution in [2.75, 3.05) is 11.5 Å².